The van der Waals surface area contributed by atoms with E-state index in [9.17, 15) is 18.3 Å². The molecule has 36 heavy (non-hydrogen) atoms. The maximum absolute atomic E-state index is 13.3. The second-order valence-corrected chi connectivity index (χ2v) is 11.1. The summed E-state index contributed by atoms with van der Waals surface area (Å²) < 4.78 is 46.5. The second kappa shape index (κ2) is 11.1. The summed E-state index contributed by atoms with van der Waals surface area (Å²) >= 11 is 2.27. The van der Waals surface area contributed by atoms with Crippen molar-refractivity contribution in [2.45, 2.75) is 72.1 Å². The Balaban J connectivity index is 2.55. The largest absolute Gasteiger partial charge is 0.496 e. The predicted octanol–water partition coefficient (Wildman–Crippen LogP) is 9.52. The summed E-state index contributed by atoms with van der Waals surface area (Å²) in [5, 5.41) is 10.3. The number of rotatable bonds is 7. The Morgan fingerprint density at radius 3 is 1.81 bits per heavy atom. The quantitative estimate of drug-likeness (QED) is 0.270. The van der Waals surface area contributed by atoms with E-state index in [-0.39, 0.29) is 24.4 Å². The Labute approximate surface area is 226 Å². The van der Waals surface area contributed by atoms with Gasteiger partial charge in [-0.15, -0.1) is 0 Å². The van der Waals surface area contributed by atoms with Crippen LogP contribution in [0.1, 0.15) is 87.1 Å². The maximum Gasteiger partial charge on any atom is 0.416 e. The summed E-state index contributed by atoms with van der Waals surface area (Å²) in [5.41, 5.74) is 7.15. The van der Waals surface area contributed by atoms with Gasteiger partial charge < -0.3 is 9.84 Å². The third-order valence-corrected chi connectivity index (χ3v) is 7.65. The zero-order chi connectivity index (χ0) is 26.9. The number of hydrogen-bond donors (Lipinski definition) is 1. The zero-order valence-electron chi connectivity index (χ0n) is 21.8. The maximum atomic E-state index is 13.3. The van der Waals surface area contributed by atoms with Crippen LogP contribution < -0.4 is 4.74 Å². The standard InChI is InChI=1S/C30H34F3IO2/c1-16(2)22-14-23(17(3)4)28(27-20(15-35)10-13-24(36-7)29(27)34)25(18(5)6)26(22)19-8-11-21(12-9-19)30(31,32)33/h8-14,16-18,35H,15H2,1-7H3. The summed E-state index contributed by atoms with van der Waals surface area (Å²) in [6, 6.07) is 11.4. The van der Waals surface area contributed by atoms with Crippen LogP contribution >= 0.6 is 22.6 Å². The van der Waals surface area contributed by atoms with Crippen molar-refractivity contribution >= 4 is 22.6 Å². The number of aliphatic hydroxyl groups excluding tert-OH is 1. The van der Waals surface area contributed by atoms with E-state index in [0.717, 1.165) is 66.0 Å². The highest BCUT2D eigenvalue weighted by atomic mass is 127. The summed E-state index contributed by atoms with van der Waals surface area (Å²) in [5.74, 6) is 1.14. The van der Waals surface area contributed by atoms with Gasteiger partial charge in [0.1, 0.15) is 5.75 Å². The van der Waals surface area contributed by atoms with Gasteiger partial charge in [0.2, 0.25) is 0 Å². The Morgan fingerprint density at radius 1 is 0.806 bits per heavy atom. The number of alkyl halides is 3. The van der Waals surface area contributed by atoms with Crippen molar-refractivity contribution in [3.63, 3.8) is 0 Å². The number of methoxy groups -OCH3 is 1. The first-order chi connectivity index (χ1) is 16.8. The molecule has 0 saturated heterocycles. The molecule has 194 valence electrons. The molecular weight excluding hydrogens is 576 g/mol. The Kier molecular flexibility index (Phi) is 8.82. The molecule has 3 aromatic carbocycles. The van der Waals surface area contributed by atoms with E-state index in [4.69, 9.17) is 4.74 Å². The monoisotopic (exact) mass is 610 g/mol. The smallest absolute Gasteiger partial charge is 0.416 e. The lowest BCUT2D eigenvalue weighted by atomic mass is 9.75. The average Bonchev–Trinajstić information content (AvgIpc) is 2.81. The first kappa shape index (κ1) is 28.5. The third kappa shape index (κ3) is 5.44. The Hall–Kier alpha value is -2.06. The van der Waals surface area contributed by atoms with Gasteiger partial charge in [0.05, 0.1) is 22.9 Å². The summed E-state index contributed by atoms with van der Waals surface area (Å²) in [7, 11) is 1.63. The van der Waals surface area contributed by atoms with Crippen molar-refractivity contribution in [3.05, 3.63) is 73.9 Å². The van der Waals surface area contributed by atoms with Crippen molar-refractivity contribution in [2.75, 3.05) is 7.11 Å². The molecule has 1 N–H and O–H groups in total. The van der Waals surface area contributed by atoms with E-state index in [2.05, 4.69) is 70.2 Å². The lowest BCUT2D eigenvalue weighted by Gasteiger charge is -2.29. The molecule has 0 aromatic heterocycles. The number of ether oxygens (including phenoxy) is 1. The van der Waals surface area contributed by atoms with Crippen LogP contribution in [0.15, 0.2) is 42.5 Å². The first-order valence-electron chi connectivity index (χ1n) is 12.2. The zero-order valence-corrected chi connectivity index (χ0v) is 24.0. The molecular formula is C30H34F3IO2. The Morgan fingerprint density at radius 2 is 1.36 bits per heavy atom. The fraction of sp³-hybridized carbons (Fsp3) is 0.400. The lowest BCUT2D eigenvalue weighted by Crippen LogP contribution is -2.10. The molecule has 0 amide bonds. The van der Waals surface area contributed by atoms with Crippen molar-refractivity contribution in [1.29, 1.82) is 0 Å². The normalized spacial score (nSPS) is 12.2. The van der Waals surface area contributed by atoms with E-state index in [1.807, 2.05) is 12.1 Å². The summed E-state index contributed by atoms with van der Waals surface area (Å²) in [4.78, 5) is 0. The second-order valence-electron chi connectivity index (χ2n) is 10.0. The van der Waals surface area contributed by atoms with Crippen LogP contribution in [0, 0.1) is 3.57 Å². The van der Waals surface area contributed by atoms with Crippen LogP contribution in [-0.4, -0.2) is 12.2 Å². The van der Waals surface area contributed by atoms with Gasteiger partial charge in [-0.25, -0.2) is 0 Å². The van der Waals surface area contributed by atoms with Gasteiger partial charge in [0, 0.05) is 5.56 Å². The van der Waals surface area contributed by atoms with Crippen LogP contribution in [0.3, 0.4) is 0 Å². The Bertz CT molecular complexity index is 1230. The molecule has 2 nitrogen and oxygen atoms in total. The fourth-order valence-corrected chi connectivity index (χ4v) is 5.84. The van der Waals surface area contributed by atoms with Gasteiger partial charge in [0.15, 0.2) is 0 Å². The molecule has 0 aliphatic carbocycles. The molecule has 0 heterocycles. The minimum atomic E-state index is -4.39. The number of halogens is 4. The van der Waals surface area contributed by atoms with E-state index in [1.165, 1.54) is 0 Å². The van der Waals surface area contributed by atoms with Gasteiger partial charge in [-0.3, -0.25) is 0 Å². The van der Waals surface area contributed by atoms with Crippen molar-refractivity contribution in [3.8, 4) is 28.0 Å². The molecule has 0 atom stereocenters. The van der Waals surface area contributed by atoms with E-state index in [1.54, 1.807) is 19.2 Å². The molecule has 3 aromatic rings. The molecule has 0 spiro atoms. The van der Waals surface area contributed by atoms with E-state index < -0.39 is 11.7 Å². The molecule has 0 aliphatic rings. The van der Waals surface area contributed by atoms with Gasteiger partial charge in [-0.05, 0) is 97.5 Å². The average molecular weight is 610 g/mol. The SMILES string of the molecule is COc1ccc(CO)c(-c2c(C(C)C)cc(C(C)C)c(-c3ccc(C(F)(F)F)cc3)c2C(C)C)c1I. The molecule has 3 rings (SSSR count). The van der Waals surface area contributed by atoms with Crippen molar-refractivity contribution in [2.24, 2.45) is 0 Å². The van der Waals surface area contributed by atoms with Gasteiger partial charge in [0.25, 0.3) is 0 Å². The van der Waals surface area contributed by atoms with Crippen LogP contribution in [0.25, 0.3) is 22.3 Å². The minimum Gasteiger partial charge on any atom is -0.496 e. The van der Waals surface area contributed by atoms with Crippen molar-refractivity contribution < 1.29 is 23.0 Å². The fourth-order valence-electron chi connectivity index (χ4n) is 4.82. The number of benzene rings is 3. The molecule has 0 bridgehead atoms. The van der Waals surface area contributed by atoms with Crippen molar-refractivity contribution in [1.82, 2.24) is 0 Å². The molecule has 6 heteroatoms. The van der Waals surface area contributed by atoms with Crippen LogP contribution in [0.5, 0.6) is 5.75 Å². The number of hydrogen-bond acceptors (Lipinski definition) is 2. The summed E-state index contributed by atoms with van der Waals surface area (Å²) in [6.45, 7) is 12.6. The third-order valence-electron chi connectivity index (χ3n) is 6.58. The van der Waals surface area contributed by atoms with Crippen LogP contribution in [0.2, 0.25) is 0 Å². The lowest BCUT2D eigenvalue weighted by molar-refractivity contribution is -0.137. The highest BCUT2D eigenvalue weighted by molar-refractivity contribution is 14.1. The highest BCUT2D eigenvalue weighted by Gasteiger charge is 2.31. The first-order valence-corrected chi connectivity index (χ1v) is 13.3. The molecule has 0 saturated carbocycles. The molecule has 0 radical (unpaired) electrons. The summed E-state index contributed by atoms with van der Waals surface area (Å²) in [6.07, 6.45) is -4.39. The molecule has 0 unspecified atom stereocenters. The van der Waals surface area contributed by atoms with Crippen LogP contribution in [-0.2, 0) is 12.8 Å². The van der Waals surface area contributed by atoms with Crippen LogP contribution in [0.4, 0.5) is 13.2 Å². The molecule has 0 fully saturated rings. The number of aliphatic hydroxyl groups is 1. The van der Waals surface area contributed by atoms with Gasteiger partial charge in [-0.1, -0.05) is 65.8 Å². The van der Waals surface area contributed by atoms with E-state index >= 15 is 0 Å². The molecule has 0 aliphatic heterocycles. The van der Waals surface area contributed by atoms with Gasteiger partial charge >= 0.3 is 6.18 Å². The minimum absolute atomic E-state index is 0.0713. The topological polar surface area (TPSA) is 29.5 Å². The van der Waals surface area contributed by atoms with E-state index in [0.29, 0.717) is 0 Å². The highest BCUT2D eigenvalue weighted by Crippen LogP contribution is 2.49. The predicted molar refractivity (Wildman–Crippen MR) is 150 cm³/mol. The van der Waals surface area contributed by atoms with Gasteiger partial charge in [-0.2, -0.15) is 13.2 Å².